The summed E-state index contributed by atoms with van der Waals surface area (Å²) in [5.41, 5.74) is 1.01. The second-order valence-corrected chi connectivity index (χ2v) is 8.16. The molecule has 2 N–H and O–H groups in total. The molecule has 0 heterocycles. The van der Waals surface area contributed by atoms with E-state index in [-0.39, 0.29) is 17.9 Å². The topological polar surface area (TPSA) is 75.3 Å². The Morgan fingerprint density at radius 3 is 2.35 bits per heavy atom. The van der Waals surface area contributed by atoms with Crippen LogP contribution in [0.25, 0.3) is 0 Å². The van der Waals surface area contributed by atoms with E-state index < -0.39 is 10.0 Å². The zero-order valence-corrected chi connectivity index (χ0v) is 14.7. The molecule has 1 saturated carbocycles. The van der Waals surface area contributed by atoms with E-state index in [0.717, 1.165) is 31.2 Å². The smallest absolute Gasteiger partial charge is 0.240 e. The lowest BCUT2D eigenvalue weighted by Gasteiger charge is -2.13. The molecule has 1 aliphatic carbocycles. The second-order valence-electron chi connectivity index (χ2n) is 6.44. The van der Waals surface area contributed by atoms with Crippen molar-refractivity contribution >= 4 is 15.9 Å². The molecular formula is C17H26N2O3S. The largest absolute Gasteiger partial charge is 0.356 e. The lowest BCUT2D eigenvalue weighted by molar-refractivity contribution is -0.123. The van der Waals surface area contributed by atoms with Crippen LogP contribution in [-0.2, 0) is 21.2 Å². The number of carbonyl (C=O) groups excluding carboxylic acids is 1. The number of nitrogens with one attached hydrogen (secondary N) is 2. The number of rotatable bonds is 7. The minimum atomic E-state index is -3.43. The maximum Gasteiger partial charge on any atom is 0.240 e. The highest BCUT2D eigenvalue weighted by atomic mass is 32.2. The van der Waals surface area contributed by atoms with Crippen molar-refractivity contribution in [3.8, 4) is 0 Å². The average molecular weight is 338 g/mol. The molecule has 5 nitrogen and oxygen atoms in total. The van der Waals surface area contributed by atoms with Crippen molar-refractivity contribution in [1.82, 2.24) is 10.0 Å². The molecule has 0 unspecified atom stereocenters. The van der Waals surface area contributed by atoms with Crippen LogP contribution in [0.15, 0.2) is 29.2 Å². The van der Waals surface area contributed by atoms with Crippen LogP contribution in [0, 0.1) is 5.92 Å². The number of hydrogen-bond donors (Lipinski definition) is 2. The first kappa shape index (κ1) is 17.9. The molecule has 0 aliphatic heterocycles. The summed E-state index contributed by atoms with van der Waals surface area (Å²) in [5.74, 6) is 0.00846. The van der Waals surface area contributed by atoms with Crippen molar-refractivity contribution < 1.29 is 13.2 Å². The molecule has 1 aromatic rings. The molecule has 0 atom stereocenters. The summed E-state index contributed by atoms with van der Waals surface area (Å²) in [5, 5.41) is 2.85. The Balaban J connectivity index is 1.89. The maximum absolute atomic E-state index is 12.3. The van der Waals surface area contributed by atoms with Gasteiger partial charge < -0.3 is 5.32 Å². The summed E-state index contributed by atoms with van der Waals surface area (Å²) in [6.45, 7) is 4.27. The van der Waals surface area contributed by atoms with Gasteiger partial charge in [0.1, 0.15) is 0 Å². The fourth-order valence-corrected chi connectivity index (χ4v) is 4.01. The first-order chi connectivity index (χ1) is 10.9. The molecule has 6 heteroatoms. The summed E-state index contributed by atoms with van der Waals surface area (Å²) in [4.78, 5) is 11.8. The first-order valence-corrected chi connectivity index (χ1v) is 9.76. The van der Waals surface area contributed by atoms with Crippen LogP contribution >= 0.6 is 0 Å². The van der Waals surface area contributed by atoms with Crippen LogP contribution in [0.4, 0.5) is 0 Å². The molecule has 0 saturated heterocycles. The van der Waals surface area contributed by atoms with Gasteiger partial charge in [0.05, 0.1) is 4.90 Å². The number of sulfonamides is 1. The van der Waals surface area contributed by atoms with Crippen LogP contribution in [0.3, 0.4) is 0 Å². The van der Waals surface area contributed by atoms with Gasteiger partial charge in [0.15, 0.2) is 0 Å². The lowest BCUT2D eigenvalue weighted by atomic mass is 10.1. The second kappa shape index (κ2) is 7.93. The molecule has 128 valence electrons. The van der Waals surface area contributed by atoms with E-state index in [9.17, 15) is 13.2 Å². The molecule has 2 rings (SSSR count). The van der Waals surface area contributed by atoms with Crippen LogP contribution < -0.4 is 10.0 Å². The van der Waals surface area contributed by atoms with E-state index in [2.05, 4.69) is 10.0 Å². The third-order valence-electron chi connectivity index (χ3n) is 4.15. The quantitative estimate of drug-likeness (QED) is 0.800. The SMILES string of the molecule is CC(C)C(=O)NCCc1ccc(S(=O)(=O)NC2CCCC2)cc1. The van der Waals surface area contributed by atoms with Crippen molar-refractivity contribution in [2.45, 2.75) is 56.9 Å². The molecule has 0 radical (unpaired) electrons. The Kier molecular flexibility index (Phi) is 6.18. The van der Waals surface area contributed by atoms with E-state index in [0.29, 0.717) is 17.9 Å². The summed E-state index contributed by atoms with van der Waals surface area (Å²) >= 11 is 0. The molecule has 0 spiro atoms. The molecule has 1 amide bonds. The summed E-state index contributed by atoms with van der Waals surface area (Å²) < 4.78 is 27.4. The third-order valence-corrected chi connectivity index (χ3v) is 5.68. The third kappa shape index (κ3) is 5.32. The molecule has 23 heavy (non-hydrogen) atoms. The fourth-order valence-electron chi connectivity index (χ4n) is 2.70. The van der Waals surface area contributed by atoms with Crippen molar-refractivity contribution in [1.29, 1.82) is 0 Å². The maximum atomic E-state index is 12.3. The molecule has 1 fully saturated rings. The monoisotopic (exact) mass is 338 g/mol. The molecule has 1 aromatic carbocycles. The molecule has 0 aromatic heterocycles. The predicted octanol–water partition coefficient (Wildman–Crippen LogP) is 2.22. The van der Waals surface area contributed by atoms with Gasteiger partial charge in [-0.05, 0) is 37.0 Å². The first-order valence-electron chi connectivity index (χ1n) is 8.27. The van der Waals surface area contributed by atoms with Gasteiger partial charge in [-0.15, -0.1) is 0 Å². The fraction of sp³-hybridized carbons (Fsp3) is 0.588. The number of hydrogen-bond acceptors (Lipinski definition) is 3. The highest BCUT2D eigenvalue weighted by Gasteiger charge is 2.22. The zero-order valence-electron chi connectivity index (χ0n) is 13.8. The van der Waals surface area contributed by atoms with Gasteiger partial charge in [-0.25, -0.2) is 13.1 Å². The number of benzene rings is 1. The lowest BCUT2D eigenvalue weighted by Crippen LogP contribution is -2.32. The normalized spacial score (nSPS) is 16.0. The van der Waals surface area contributed by atoms with Gasteiger partial charge in [0.25, 0.3) is 0 Å². The van der Waals surface area contributed by atoms with Crippen molar-refractivity contribution in [2.75, 3.05) is 6.54 Å². The Labute approximate surface area is 138 Å². The summed E-state index contributed by atoms with van der Waals surface area (Å²) in [7, 11) is -3.43. The van der Waals surface area contributed by atoms with Gasteiger partial charge in [0, 0.05) is 18.5 Å². The minimum Gasteiger partial charge on any atom is -0.356 e. The van der Waals surface area contributed by atoms with Gasteiger partial charge in [-0.1, -0.05) is 38.8 Å². The zero-order chi connectivity index (χ0) is 16.9. The van der Waals surface area contributed by atoms with Crippen LogP contribution in [-0.4, -0.2) is 26.9 Å². The highest BCUT2D eigenvalue weighted by Crippen LogP contribution is 2.20. The van der Waals surface area contributed by atoms with E-state index in [1.54, 1.807) is 12.1 Å². The Morgan fingerprint density at radius 2 is 1.78 bits per heavy atom. The summed E-state index contributed by atoms with van der Waals surface area (Å²) in [6, 6.07) is 6.97. The molecule has 0 bridgehead atoms. The van der Waals surface area contributed by atoms with Crippen LogP contribution in [0.1, 0.15) is 45.1 Å². The predicted molar refractivity (Wildman–Crippen MR) is 90.6 cm³/mol. The van der Waals surface area contributed by atoms with Crippen molar-refractivity contribution in [2.24, 2.45) is 5.92 Å². The minimum absolute atomic E-state index is 0.0239. The number of amides is 1. The van der Waals surface area contributed by atoms with Crippen molar-refractivity contribution in [3.05, 3.63) is 29.8 Å². The highest BCUT2D eigenvalue weighted by molar-refractivity contribution is 7.89. The Morgan fingerprint density at radius 1 is 1.17 bits per heavy atom. The molecular weight excluding hydrogens is 312 g/mol. The van der Waals surface area contributed by atoms with E-state index in [1.807, 2.05) is 26.0 Å². The standard InChI is InChI=1S/C17H26N2O3S/c1-13(2)17(20)18-12-11-14-7-9-16(10-8-14)23(21,22)19-15-5-3-4-6-15/h7-10,13,15,19H,3-6,11-12H2,1-2H3,(H,18,20). The van der Waals surface area contributed by atoms with Gasteiger partial charge in [-0.3, -0.25) is 4.79 Å². The van der Waals surface area contributed by atoms with Gasteiger partial charge in [-0.2, -0.15) is 0 Å². The Bertz CT molecular complexity index is 618. The van der Waals surface area contributed by atoms with Crippen LogP contribution in [0.5, 0.6) is 0 Å². The van der Waals surface area contributed by atoms with Crippen molar-refractivity contribution in [3.63, 3.8) is 0 Å². The number of carbonyl (C=O) groups is 1. The molecule has 1 aliphatic rings. The summed E-state index contributed by atoms with van der Waals surface area (Å²) in [6.07, 6.45) is 4.72. The van der Waals surface area contributed by atoms with Crippen LogP contribution in [0.2, 0.25) is 0 Å². The van der Waals surface area contributed by atoms with E-state index >= 15 is 0 Å². The Hall–Kier alpha value is -1.40. The van der Waals surface area contributed by atoms with Gasteiger partial charge >= 0.3 is 0 Å². The van der Waals surface area contributed by atoms with Gasteiger partial charge in [0.2, 0.25) is 15.9 Å². The average Bonchev–Trinajstić information content (AvgIpc) is 2.99. The van der Waals surface area contributed by atoms with E-state index in [1.165, 1.54) is 0 Å². The van der Waals surface area contributed by atoms with E-state index in [4.69, 9.17) is 0 Å².